The second kappa shape index (κ2) is 11.5. The number of fused-ring (bicyclic) bond motifs is 1. The van der Waals surface area contributed by atoms with Gasteiger partial charge >= 0.3 is 17.7 Å². The van der Waals surface area contributed by atoms with Crippen molar-refractivity contribution in [2.45, 2.75) is 38.1 Å². The number of sulfonamides is 1. The van der Waals surface area contributed by atoms with Gasteiger partial charge in [0.25, 0.3) is 0 Å². The molecule has 3 aromatic rings. The van der Waals surface area contributed by atoms with E-state index < -0.39 is 33.8 Å². The highest BCUT2D eigenvalue weighted by Gasteiger charge is 2.30. The number of rotatable bonds is 8. The van der Waals surface area contributed by atoms with Crippen molar-refractivity contribution >= 4 is 44.7 Å². The summed E-state index contributed by atoms with van der Waals surface area (Å²) in [6, 6.07) is 8.01. The fourth-order valence-electron chi connectivity index (χ4n) is 3.66. The van der Waals surface area contributed by atoms with Crippen LogP contribution in [0.5, 0.6) is 5.75 Å². The molecule has 0 aliphatic carbocycles. The van der Waals surface area contributed by atoms with Crippen LogP contribution in [0.4, 0.5) is 4.79 Å². The van der Waals surface area contributed by atoms with Crippen LogP contribution in [0.15, 0.2) is 50.5 Å². The van der Waals surface area contributed by atoms with Crippen molar-refractivity contribution < 1.29 is 31.9 Å². The molecular weight excluding hydrogens is 536 g/mol. The van der Waals surface area contributed by atoms with E-state index in [1.54, 1.807) is 32.0 Å². The first-order chi connectivity index (χ1) is 17.8. The first-order valence-corrected chi connectivity index (χ1v) is 13.5. The first kappa shape index (κ1) is 29.2. The molecule has 0 saturated carbocycles. The Kier molecular flexibility index (Phi) is 8.86. The van der Waals surface area contributed by atoms with E-state index in [0.717, 1.165) is 4.31 Å². The van der Waals surface area contributed by atoms with Crippen molar-refractivity contribution in [1.29, 1.82) is 0 Å². The summed E-state index contributed by atoms with van der Waals surface area (Å²) < 4.78 is 43.0. The molecule has 0 aliphatic heterocycles. The molecule has 204 valence electrons. The van der Waals surface area contributed by atoms with Crippen molar-refractivity contribution in [3.63, 3.8) is 0 Å². The molecule has 12 heteroatoms. The van der Waals surface area contributed by atoms with Gasteiger partial charge in [0, 0.05) is 44.6 Å². The van der Waals surface area contributed by atoms with Gasteiger partial charge in [-0.05, 0) is 50.1 Å². The number of benzene rings is 2. The van der Waals surface area contributed by atoms with E-state index in [9.17, 15) is 22.8 Å². The molecule has 0 saturated heterocycles. The molecule has 0 N–H and O–H groups in total. The molecule has 1 heterocycles. The molecule has 38 heavy (non-hydrogen) atoms. The number of amides is 1. The third-order valence-electron chi connectivity index (χ3n) is 6.03. The minimum atomic E-state index is -4.03. The Labute approximate surface area is 225 Å². The highest BCUT2D eigenvalue weighted by Crippen LogP contribution is 2.33. The van der Waals surface area contributed by atoms with Crippen LogP contribution < -0.4 is 10.4 Å². The number of esters is 1. The Morgan fingerprint density at radius 3 is 2.45 bits per heavy atom. The summed E-state index contributed by atoms with van der Waals surface area (Å²) in [7, 11) is 0.318. The molecule has 10 nitrogen and oxygen atoms in total. The molecule has 0 bridgehead atoms. The fraction of sp³-hybridized carbons (Fsp3) is 0.346. The summed E-state index contributed by atoms with van der Waals surface area (Å²) >= 11 is 6.32. The molecule has 0 aliphatic rings. The number of carbonyl (C=O) groups is 2. The van der Waals surface area contributed by atoms with Crippen molar-refractivity contribution in [1.82, 2.24) is 9.21 Å². The van der Waals surface area contributed by atoms with Crippen LogP contribution in [0.25, 0.3) is 11.0 Å². The smallest absolute Gasteiger partial charge is 0.414 e. The minimum absolute atomic E-state index is 0.0353. The van der Waals surface area contributed by atoms with Crippen LogP contribution in [0.1, 0.15) is 30.5 Å². The van der Waals surface area contributed by atoms with Crippen molar-refractivity contribution in [2.24, 2.45) is 0 Å². The Morgan fingerprint density at radius 1 is 1.13 bits per heavy atom. The number of ether oxygens (including phenoxy) is 2. The number of hydrogen-bond acceptors (Lipinski definition) is 8. The normalized spacial score (nSPS) is 12.4. The van der Waals surface area contributed by atoms with Gasteiger partial charge in [0.2, 0.25) is 10.0 Å². The third kappa shape index (κ3) is 6.01. The predicted molar refractivity (Wildman–Crippen MR) is 142 cm³/mol. The molecule has 0 fully saturated rings. The second-order valence-electron chi connectivity index (χ2n) is 8.81. The van der Waals surface area contributed by atoms with Crippen molar-refractivity contribution in [2.75, 3.05) is 27.7 Å². The number of nitrogens with zero attached hydrogens (tertiary/aromatic N) is 2. The highest BCUT2D eigenvalue weighted by molar-refractivity contribution is 7.89. The summed E-state index contributed by atoms with van der Waals surface area (Å²) in [5.41, 5.74) is 1.01. The second-order valence-corrected chi connectivity index (χ2v) is 11.2. The third-order valence-corrected chi connectivity index (χ3v) is 8.25. The zero-order chi connectivity index (χ0) is 28.4. The van der Waals surface area contributed by atoms with E-state index in [1.807, 2.05) is 0 Å². The SMILES string of the molecule is CCOC(=O)C(C)N(C)S(=O)(=O)c1cccc(Cc2c(C)c3cc(Cl)c(OC(=O)N(C)C)cc3oc2=O)c1. The maximum absolute atomic E-state index is 13.2. The van der Waals surface area contributed by atoms with Gasteiger partial charge < -0.3 is 18.8 Å². The fourth-order valence-corrected chi connectivity index (χ4v) is 5.25. The minimum Gasteiger partial charge on any atom is -0.465 e. The lowest BCUT2D eigenvalue weighted by Gasteiger charge is -2.23. The molecule has 1 amide bonds. The highest BCUT2D eigenvalue weighted by atomic mass is 35.5. The number of hydrogen-bond donors (Lipinski definition) is 0. The average Bonchev–Trinajstić information content (AvgIpc) is 2.87. The summed E-state index contributed by atoms with van der Waals surface area (Å²) in [6.07, 6.45) is -0.557. The van der Waals surface area contributed by atoms with Crippen molar-refractivity contribution in [3.8, 4) is 5.75 Å². The number of carbonyl (C=O) groups excluding carboxylic acids is 2. The summed E-state index contributed by atoms with van der Waals surface area (Å²) in [5.74, 6) is -0.607. The summed E-state index contributed by atoms with van der Waals surface area (Å²) in [6.45, 7) is 4.95. The van der Waals surface area contributed by atoms with E-state index in [1.165, 1.54) is 51.2 Å². The summed E-state index contributed by atoms with van der Waals surface area (Å²) in [5, 5.41) is 0.698. The van der Waals surface area contributed by atoms with Gasteiger partial charge in [0.05, 0.1) is 16.5 Å². The number of halogens is 1. The van der Waals surface area contributed by atoms with Crippen LogP contribution in [0, 0.1) is 6.92 Å². The first-order valence-electron chi connectivity index (χ1n) is 11.7. The average molecular weight is 565 g/mol. The Bertz CT molecular complexity index is 1550. The lowest BCUT2D eigenvalue weighted by Crippen LogP contribution is -2.41. The molecule has 1 aromatic heterocycles. The Balaban J connectivity index is 1.96. The summed E-state index contributed by atoms with van der Waals surface area (Å²) in [4.78, 5) is 38.1. The Hall–Kier alpha value is -3.41. The zero-order valence-electron chi connectivity index (χ0n) is 21.9. The maximum atomic E-state index is 13.2. The van der Waals surface area contributed by atoms with Crippen LogP contribution in [-0.2, 0) is 26.0 Å². The van der Waals surface area contributed by atoms with Crippen LogP contribution in [0.3, 0.4) is 0 Å². The van der Waals surface area contributed by atoms with Crippen LogP contribution in [0.2, 0.25) is 5.02 Å². The molecular formula is C26H29ClN2O8S. The topological polar surface area (TPSA) is 123 Å². The van der Waals surface area contributed by atoms with E-state index >= 15 is 0 Å². The van der Waals surface area contributed by atoms with Gasteiger partial charge in [-0.2, -0.15) is 4.31 Å². The van der Waals surface area contributed by atoms with Crippen molar-refractivity contribution in [3.05, 3.63) is 68.5 Å². The quantitative estimate of drug-likeness (QED) is 0.297. The van der Waals surface area contributed by atoms with Gasteiger partial charge in [-0.1, -0.05) is 23.7 Å². The maximum Gasteiger partial charge on any atom is 0.414 e. The molecule has 3 rings (SSSR count). The lowest BCUT2D eigenvalue weighted by molar-refractivity contribution is -0.146. The standard InChI is InChI=1S/C26H29ClN2O8S/c1-7-35-24(30)16(3)29(6)38(33,34)18-10-8-9-17(11-18)12-20-15(2)19-13-21(27)23(37-26(32)28(4)5)14-22(19)36-25(20)31/h8-11,13-14,16H,7,12H2,1-6H3. The zero-order valence-corrected chi connectivity index (χ0v) is 23.5. The largest absolute Gasteiger partial charge is 0.465 e. The van der Waals surface area contributed by atoms with E-state index in [4.69, 9.17) is 25.5 Å². The van der Waals surface area contributed by atoms with Crippen LogP contribution >= 0.6 is 11.6 Å². The Morgan fingerprint density at radius 2 is 1.82 bits per heavy atom. The van der Waals surface area contributed by atoms with Gasteiger partial charge in [0.15, 0.2) is 5.75 Å². The van der Waals surface area contributed by atoms with E-state index in [2.05, 4.69) is 0 Å². The van der Waals surface area contributed by atoms with E-state index in [0.29, 0.717) is 22.1 Å². The monoisotopic (exact) mass is 564 g/mol. The molecule has 0 radical (unpaired) electrons. The van der Waals surface area contributed by atoms with Gasteiger partial charge in [-0.15, -0.1) is 0 Å². The van der Waals surface area contributed by atoms with E-state index in [-0.39, 0.29) is 34.3 Å². The number of aryl methyl sites for hydroxylation is 1. The predicted octanol–water partition coefficient (Wildman–Crippen LogP) is 3.98. The van der Waals surface area contributed by atoms with Gasteiger partial charge in [-0.3, -0.25) is 4.79 Å². The number of likely N-dealkylation sites (N-methyl/N-ethyl adjacent to an activating group) is 1. The molecule has 1 atom stereocenters. The molecule has 1 unspecified atom stereocenters. The van der Waals surface area contributed by atoms with Gasteiger partial charge in [-0.25, -0.2) is 18.0 Å². The van der Waals surface area contributed by atoms with Gasteiger partial charge in [0.1, 0.15) is 11.6 Å². The van der Waals surface area contributed by atoms with Crippen LogP contribution in [-0.4, -0.2) is 63.5 Å². The lowest BCUT2D eigenvalue weighted by atomic mass is 9.99. The molecule has 2 aromatic carbocycles. The molecule has 0 spiro atoms.